The molecular weight excluding hydrogens is 248 g/mol. The number of esters is 2. The molecule has 0 bridgehead atoms. The van der Waals surface area contributed by atoms with Crippen molar-refractivity contribution in [2.45, 2.75) is 26.1 Å². The van der Waals surface area contributed by atoms with Gasteiger partial charge in [-0.2, -0.15) is 0 Å². The maximum absolute atomic E-state index is 11.8. The molecule has 0 N–H and O–H groups in total. The summed E-state index contributed by atoms with van der Waals surface area (Å²) in [5, 5.41) is 0. The van der Waals surface area contributed by atoms with E-state index in [2.05, 4.69) is 0 Å². The SMILES string of the molecule is CC1(C)OC(=O)C(Cc2ccc(C=O)cc2)C(=O)O1. The largest absolute Gasteiger partial charge is 0.422 e. The van der Waals surface area contributed by atoms with Crippen molar-refractivity contribution in [3.8, 4) is 0 Å². The quantitative estimate of drug-likeness (QED) is 0.469. The van der Waals surface area contributed by atoms with Gasteiger partial charge in [-0.15, -0.1) is 0 Å². The fraction of sp³-hybridized carbons (Fsp3) is 0.357. The van der Waals surface area contributed by atoms with Crippen molar-refractivity contribution in [2.24, 2.45) is 5.92 Å². The second-order valence-electron chi connectivity index (χ2n) is 4.86. The molecule has 0 radical (unpaired) electrons. The van der Waals surface area contributed by atoms with Crippen molar-refractivity contribution in [1.82, 2.24) is 0 Å². The number of hydrogen-bond donors (Lipinski definition) is 0. The number of rotatable bonds is 3. The van der Waals surface area contributed by atoms with Crippen molar-refractivity contribution in [2.75, 3.05) is 0 Å². The molecule has 0 aliphatic carbocycles. The van der Waals surface area contributed by atoms with Crippen LogP contribution in [0.4, 0.5) is 0 Å². The molecule has 19 heavy (non-hydrogen) atoms. The highest BCUT2D eigenvalue weighted by Gasteiger charge is 2.42. The molecule has 0 aromatic heterocycles. The first kappa shape index (κ1) is 13.3. The van der Waals surface area contributed by atoms with Gasteiger partial charge in [-0.3, -0.25) is 14.4 Å². The maximum atomic E-state index is 11.8. The number of carbonyl (C=O) groups is 3. The van der Waals surface area contributed by atoms with E-state index < -0.39 is 23.6 Å². The summed E-state index contributed by atoms with van der Waals surface area (Å²) in [5.41, 5.74) is 1.31. The number of cyclic esters (lactones) is 2. The van der Waals surface area contributed by atoms with E-state index in [1.165, 1.54) is 13.8 Å². The second kappa shape index (κ2) is 4.84. The Morgan fingerprint density at radius 2 is 1.63 bits per heavy atom. The van der Waals surface area contributed by atoms with Gasteiger partial charge in [0.1, 0.15) is 6.29 Å². The van der Waals surface area contributed by atoms with Crippen LogP contribution in [0.15, 0.2) is 24.3 Å². The minimum absolute atomic E-state index is 0.201. The highest BCUT2D eigenvalue weighted by atomic mass is 16.7. The van der Waals surface area contributed by atoms with Crippen LogP contribution in [-0.2, 0) is 25.5 Å². The summed E-state index contributed by atoms with van der Waals surface area (Å²) >= 11 is 0. The lowest BCUT2D eigenvalue weighted by atomic mass is 9.97. The summed E-state index contributed by atoms with van der Waals surface area (Å²) in [5.74, 6) is -3.32. The summed E-state index contributed by atoms with van der Waals surface area (Å²) in [7, 11) is 0. The molecule has 0 amide bonds. The van der Waals surface area contributed by atoms with Gasteiger partial charge in [0.25, 0.3) is 5.79 Å². The van der Waals surface area contributed by atoms with E-state index in [0.29, 0.717) is 5.56 Å². The molecule has 100 valence electrons. The van der Waals surface area contributed by atoms with Gasteiger partial charge in [-0.05, 0) is 12.0 Å². The minimum atomic E-state index is -1.20. The molecule has 0 saturated carbocycles. The molecular formula is C14H14O5. The highest BCUT2D eigenvalue weighted by molar-refractivity contribution is 5.97. The summed E-state index contributed by atoms with van der Waals surface area (Å²) in [6.07, 6.45) is 0.933. The van der Waals surface area contributed by atoms with Gasteiger partial charge in [-0.1, -0.05) is 24.3 Å². The molecule has 2 rings (SSSR count). The van der Waals surface area contributed by atoms with Gasteiger partial charge in [0.05, 0.1) is 0 Å². The van der Waals surface area contributed by atoms with Crippen LogP contribution in [-0.4, -0.2) is 24.0 Å². The van der Waals surface area contributed by atoms with E-state index in [4.69, 9.17) is 9.47 Å². The first-order valence-electron chi connectivity index (χ1n) is 5.91. The number of ether oxygens (including phenoxy) is 2. The van der Waals surface area contributed by atoms with E-state index in [-0.39, 0.29) is 6.42 Å². The molecule has 5 nitrogen and oxygen atoms in total. The van der Waals surface area contributed by atoms with Gasteiger partial charge in [0, 0.05) is 19.4 Å². The Labute approximate surface area is 110 Å². The number of carbonyl (C=O) groups excluding carboxylic acids is 3. The van der Waals surface area contributed by atoms with Crippen LogP contribution >= 0.6 is 0 Å². The first-order valence-corrected chi connectivity index (χ1v) is 5.91. The maximum Gasteiger partial charge on any atom is 0.323 e. The molecule has 1 aromatic rings. The average molecular weight is 262 g/mol. The Balaban J connectivity index is 2.11. The standard InChI is InChI=1S/C14H14O5/c1-14(2)18-12(16)11(13(17)19-14)7-9-3-5-10(8-15)6-4-9/h3-6,8,11H,7H2,1-2H3. The molecule has 1 heterocycles. The molecule has 1 aliphatic heterocycles. The Morgan fingerprint density at radius 3 is 2.11 bits per heavy atom. The topological polar surface area (TPSA) is 69.7 Å². The van der Waals surface area contributed by atoms with Gasteiger partial charge < -0.3 is 9.47 Å². The molecule has 1 aliphatic rings. The van der Waals surface area contributed by atoms with Crippen molar-refractivity contribution in [3.05, 3.63) is 35.4 Å². The molecule has 1 saturated heterocycles. The van der Waals surface area contributed by atoms with Crippen molar-refractivity contribution in [3.63, 3.8) is 0 Å². The van der Waals surface area contributed by atoms with Crippen LogP contribution in [0.5, 0.6) is 0 Å². The van der Waals surface area contributed by atoms with Crippen LogP contribution in [0.2, 0.25) is 0 Å². The van der Waals surface area contributed by atoms with Gasteiger partial charge in [0.2, 0.25) is 0 Å². The van der Waals surface area contributed by atoms with Gasteiger partial charge >= 0.3 is 11.9 Å². The molecule has 1 aromatic carbocycles. The minimum Gasteiger partial charge on any atom is -0.422 e. The van der Waals surface area contributed by atoms with Crippen LogP contribution in [0.1, 0.15) is 29.8 Å². The zero-order valence-corrected chi connectivity index (χ0v) is 10.7. The lowest BCUT2D eigenvalue weighted by molar-refractivity contribution is -0.239. The van der Waals surface area contributed by atoms with Crippen molar-refractivity contribution in [1.29, 1.82) is 0 Å². The second-order valence-corrected chi connectivity index (χ2v) is 4.86. The lowest BCUT2D eigenvalue weighted by Crippen LogP contribution is -2.46. The Kier molecular flexibility index (Phi) is 3.38. The van der Waals surface area contributed by atoms with E-state index in [1.807, 2.05) is 0 Å². The number of hydrogen-bond acceptors (Lipinski definition) is 5. The number of aldehydes is 1. The van der Waals surface area contributed by atoms with E-state index >= 15 is 0 Å². The molecule has 0 unspecified atom stereocenters. The molecule has 1 fully saturated rings. The van der Waals surface area contributed by atoms with Crippen molar-refractivity contribution >= 4 is 18.2 Å². The van der Waals surface area contributed by atoms with E-state index in [0.717, 1.165) is 11.8 Å². The smallest absolute Gasteiger partial charge is 0.323 e. The average Bonchev–Trinajstić information content (AvgIpc) is 2.33. The third kappa shape index (κ3) is 2.99. The predicted octanol–water partition coefficient (Wildman–Crippen LogP) is 1.49. The zero-order valence-electron chi connectivity index (χ0n) is 10.7. The van der Waals surface area contributed by atoms with E-state index in [9.17, 15) is 14.4 Å². The monoisotopic (exact) mass is 262 g/mol. The Morgan fingerprint density at radius 1 is 1.11 bits per heavy atom. The highest BCUT2D eigenvalue weighted by Crippen LogP contribution is 2.25. The summed E-state index contributed by atoms with van der Waals surface area (Å²) in [4.78, 5) is 34.1. The summed E-state index contributed by atoms with van der Waals surface area (Å²) in [6, 6.07) is 6.66. The van der Waals surface area contributed by atoms with Crippen molar-refractivity contribution < 1.29 is 23.9 Å². The predicted molar refractivity (Wildman–Crippen MR) is 65.3 cm³/mol. The van der Waals surface area contributed by atoms with Crippen LogP contribution in [0.25, 0.3) is 0 Å². The number of benzene rings is 1. The third-order valence-electron chi connectivity index (χ3n) is 2.82. The summed E-state index contributed by atoms with van der Waals surface area (Å²) < 4.78 is 10.1. The third-order valence-corrected chi connectivity index (χ3v) is 2.82. The normalized spacial score (nSPS) is 18.6. The van der Waals surface area contributed by atoms with Gasteiger partial charge in [0.15, 0.2) is 5.92 Å². The summed E-state index contributed by atoms with van der Waals surface area (Å²) in [6.45, 7) is 3.02. The Hall–Kier alpha value is -2.17. The fourth-order valence-corrected chi connectivity index (χ4v) is 1.88. The first-order chi connectivity index (χ1) is 8.91. The van der Waals surface area contributed by atoms with Crippen LogP contribution in [0.3, 0.4) is 0 Å². The van der Waals surface area contributed by atoms with Gasteiger partial charge in [-0.25, -0.2) is 0 Å². The molecule has 5 heteroatoms. The zero-order chi connectivity index (χ0) is 14.0. The lowest BCUT2D eigenvalue weighted by Gasteiger charge is -2.32. The van der Waals surface area contributed by atoms with Crippen LogP contribution in [0, 0.1) is 5.92 Å². The molecule has 0 atom stereocenters. The van der Waals surface area contributed by atoms with Crippen LogP contribution < -0.4 is 0 Å². The molecule has 0 spiro atoms. The van der Waals surface area contributed by atoms with E-state index in [1.54, 1.807) is 24.3 Å². The Bertz CT molecular complexity index is 495. The fourth-order valence-electron chi connectivity index (χ4n) is 1.88.